The summed E-state index contributed by atoms with van der Waals surface area (Å²) in [6.07, 6.45) is 6.48. The second kappa shape index (κ2) is 5.62. The van der Waals surface area contributed by atoms with Crippen LogP contribution in [0.3, 0.4) is 0 Å². The van der Waals surface area contributed by atoms with E-state index in [1.54, 1.807) is 0 Å². The highest BCUT2D eigenvalue weighted by atomic mass is 19.1. The Kier molecular flexibility index (Phi) is 3.92. The molecule has 0 radical (unpaired) electrons. The van der Waals surface area contributed by atoms with Crippen molar-refractivity contribution >= 4 is 11.4 Å². The summed E-state index contributed by atoms with van der Waals surface area (Å²) in [7, 11) is 0. The van der Waals surface area contributed by atoms with Gasteiger partial charge in [0.2, 0.25) is 5.82 Å². The maximum Gasteiger partial charge on any atom is 0.327 e. The first-order valence-electron chi connectivity index (χ1n) is 6.03. The van der Waals surface area contributed by atoms with Gasteiger partial charge in [-0.3, -0.25) is 10.1 Å². The molecular formula is C13H15FN2O2. The molecule has 1 aliphatic rings. The van der Waals surface area contributed by atoms with E-state index in [0.717, 1.165) is 25.3 Å². The number of allylic oxidation sites excluding steroid dienone is 1. The number of hydrogen-bond acceptors (Lipinski definition) is 3. The van der Waals surface area contributed by atoms with Gasteiger partial charge in [-0.25, -0.2) is 0 Å². The molecule has 0 aliphatic heterocycles. The van der Waals surface area contributed by atoms with Gasteiger partial charge in [0.25, 0.3) is 0 Å². The van der Waals surface area contributed by atoms with Crippen LogP contribution >= 0.6 is 0 Å². The molecule has 0 bridgehead atoms. The van der Waals surface area contributed by atoms with E-state index in [2.05, 4.69) is 11.4 Å². The molecule has 0 atom stereocenters. The summed E-state index contributed by atoms with van der Waals surface area (Å²) >= 11 is 0. The van der Waals surface area contributed by atoms with Crippen molar-refractivity contribution in [2.45, 2.75) is 25.7 Å². The summed E-state index contributed by atoms with van der Waals surface area (Å²) in [4.78, 5) is 10.1. The number of halogens is 1. The summed E-state index contributed by atoms with van der Waals surface area (Å²) in [6, 6.07) is 4.10. The van der Waals surface area contributed by atoms with Gasteiger partial charge in [0, 0.05) is 6.54 Å². The smallest absolute Gasteiger partial charge is 0.327 e. The van der Waals surface area contributed by atoms with Gasteiger partial charge >= 0.3 is 5.69 Å². The Hall–Kier alpha value is -1.91. The second-order valence-corrected chi connectivity index (χ2v) is 4.32. The fourth-order valence-electron chi connectivity index (χ4n) is 2.17. The van der Waals surface area contributed by atoms with E-state index in [0.29, 0.717) is 6.54 Å². The topological polar surface area (TPSA) is 55.2 Å². The maximum atomic E-state index is 13.3. The number of hydrogen-bond donors (Lipinski definition) is 1. The Morgan fingerprint density at radius 2 is 2.28 bits per heavy atom. The number of nitrogens with one attached hydrogen (secondary N) is 1. The number of benzene rings is 1. The highest BCUT2D eigenvalue weighted by Crippen LogP contribution is 2.27. The fraction of sp³-hybridized carbons (Fsp3) is 0.385. The third kappa shape index (κ3) is 2.85. The highest BCUT2D eigenvalue weighted by Gasteiger charge is 2.19. The van der Waals surface area contributed by atoms with Crippen LogP contribution in [0.5, 0.6) is 0 Å². The van der Waals surface area contributed by atoms with E-state index in [4.69, 9.17) is 0 Å². The van der Waals surface area contributed by atoms with Crippen molar-refractivity contribution in [3.05, 3.63) is 45.8 Å². The summed E-state index contributed by atoms with van der Waals surface area (Å²) in [6.45, 7) is 0.593. The molecule has 1 N–H and O–H groups in total. The van der Waals surface area contributed by atoms with Gasteiger partial charge in [-0.2, -0.15) is 4.39 Å². The van der Waals surface area contributed by atoms with Gasteiger partial charge < -0.3 is 5.32 Å². The number of nitro benzene ring substituents is 1. The molecule has 0 heterocycles. The van der Waals surface area contributed by atoms with Crippen molar-refractivity contribution in [3.63, 3.8) is 0 Å². The molecule has 2 rings (SSSR count). The normalized spacial score (nSPS) is 14.4. The molecule has 0 aromatic heterocycles. The summed E-state index contributed by atoms with van der Waals surface area (Å²) < 4.78 is 13.3. The van der Waals surface area contributed by atoms with Crippen LogP contribution in [0, 0.1) is 15.9 Å². The van der Waals surface area contributed by atoms with Crippen LogP contribution in [0.15, 0.2) is 29.8 Å². The predicted molar refractivity (Wildman–Crippen MR) is 68.1 cm³/mol. The molecule has 4 nitrogen and oxygen atoms in total. The molecule has 1 aliphatic carbocycles. The summed E-state index contributed by atoms with van der Waals surface area (Å²) in [5, 5.41) is 13.7. The van der Waals surface area contributed by atoms with Crippen molar-refractivity contribution in [3.8, 4) is 0 Å². The van der Waals surface area contributed by atoms with Crippen molar-refractivity contribution in [2.75, 3.05) is 11.9 Å². The molecule has 0 saturated carbocycles. The van der Waals surface area contributed by atoms with Crippen LogP contribution in [-0.2, 0) is 0 Å². The van der Waals surface area contributed by atoms with Crippen molar-refractivity contribution < 1.29 is 9.31 Å². The Bertz CT molecular complexity index is 486. The van der Waals surface area contributed by atoms with E-state index in [1.165, 1.54) is 24.1 Å². The third-order valence-corrected chi connectivity index (χ3v) is 3.07. The molecule has 0 saturated heterocycles. The Morgan fingerprint density at radius 1 is 1.44 bits per heavy atom. The minimum Gasteiger partial charge on any atom is -0.379 e. The number of para-hydroxylation sites is 1. The minimum absolute atomic E-state index is 0.249. The van der Waals surface area contributed by atoms with Crippen LogP contribution in [-0.4, -0.2) is 11.5 Å². The zero-order chi connectivity index (χ0) is 13.0. The van der Waals surface area contributed by atoms with E-state index < -0.39 is 16.4 Å². The van der Waals surface area contributed by atoms with Crippen LogP contribution in [0.25, 0.3) is 0 Å². The highest BCUT2D eigenvalue weighted by molar-refractivity contribution is 5.61. The van der Waals surface area contributed by atoms with Crippen molar-refractivity contribution in [2.24, 2.45) is 0 Å². The molecule has 0 fully saturated rings. The van der Waals surface area contributed by atoms with Crippen molar-refractivity contribution in [1.29, 1.82) is 0 Å². The monoisotopic (exact) mass is 250 g/mol. The lowest BCUT2D eigenvalue weighted by Gasteiger charge is -2.07. The van der Waals surface area contributed by atoms with Gasteiger partial charge in [-0.1, -0.05) is 17.7 Å². The summed E-state index contributed by atoms with van der Waals surface area (Å²) in [5.74, 6) is -0.801. The third-order valence-electron chi connectivity index (χ3n) is 3.07. The zero-order valence-electron chi connectivity index (χ0n) is 9.99. The first kappa shape index (κ1) is 12.5. The quantitative estimate of drug-likeness (QED) is 0.493. The van der Waals surface area contributed by atoms with Gasteiger partial charge in [-0.15, -0.1) is 0 Å². The van der Waals surface area contributed by atoms with Crippen LogP contribution in [0.2, 0.25) is 0 Å². The molecule has 0 spiro atoms. The number of nitro groups is 1. The molecular weight excluding hydrogens is 235 g/mol. The second-order valence-electron chi connectivity index (χ2n) is 4.32. The standard InChI is InChI=1S/C13H15FN2O2/c14-11-6-3-7-12(13(11)16(17)18)15-9-8-10-4-1-2-5-10/h3-4,6-7,15H,1-2,5,8-9H2. The molecule has 1 aromatic rings. The van der Waals surface area contributed by atoms with E-state index in [-0.39, 0.29) is 5.69 Å². The minimum atomic E-state index is -0.801. The van der Waals surface area contributed by atoms with Crippen LogP contribution < -0.4 is 5.32 Å². The lowest BCUT2D eigenvalue weighted by Crippen LogP contribution is -2.06. The van der Waals surface area contributed by atoms with E-state index in [9.17, 15) is 14.5 Å². The first-order chi connectivity index (χ1) is 8.68. The zero-order valence-corrected chi connectivity index (χ0v) is 9.99. The Balaban J connectivity index is 2.00. The number of rotatable bonds is 5. The van der Waals surface area contributed by atoms with Gasteiger partial charge in [0.15, 0.2) is 0 Å². The molecule has 96 valence electrons. The van der Waals surface area contributed by atoms with Gasteiger partial charge in [0.05, 0.1) is 4.92 Å². The largest absolute Gasteiger partial charge is 0.379 e. The molecule has 5 heteroatoms. The average Bonchev–Trinajstić information content (AvgIpc) is 2.81. The molecule has 0 unspecified atom stereocenters. The predicted octanol–water partition coefficient (Wildman–Crippen LogP) is 3.65. The molecule has 1 aromatic carbocycles. The SMILES string of the molecule is O=[N+]([O-])c1c(F)cccc1NCCC1=CCCC1. The van der Waals surface area contributed by atoms with Crippen LogP contribution in [0.4, 0.5) is 15.8 Å². The Labute approximate surface area is 105 Å². The van der Waals surface area contributed by atoms with Crippen molar-refractivity contribution in [1.82, 2.24) is 0 Å². The first-order valence-corrected chi connectivity index (χ1v) is 6.03. The Morgan fingerprint density at radius 3 is 2.94 bits per heavy atom. The van der Waals surface area contributed by atoms with E-state index in [1.807, 2.05) is 0 Å². The molecule has 0 amide bonds. The summed E-state index contributed by atoms with van der Waals surface area (Å²) in [5.41, 5.74) is 1.15. The van der Waals surface area contributed by atoms with Gasteiger partial charge in [-0.05, 0) is 37.8 Å². The van der Waals surface area contributed by atoms with Gasteiger partial charge in [0.1, 0.15) is 5.69 Å². The number of anilines is 1. The fourth-order valence-corrected chi connectivity index (χ4v) is 2.17. The van der Waals surface area contributed by atoms with E-state index >= 15 is 0 Å². The van der Waals surface area contributed by atoms with Crippen LogP contribution in [0.1, 0.15) is 25.7 Å². The molecule has 18 heavy (non-hydrogen) atoms. The average molecular weight is 250 g/mol. The number of nitrogens with zero attached hydrogens (tertiary/aromatic N) is 1. The maximum absolute atomic E-state index is 13.3. The lowest BCUT2D eigenvalue weighted by atomic mass is 10.1. The lowest BCUT2D eigenvalue weighted by molar-refractivity contribution is -0.386.